The van der Waals surface area contributed by atoms with Gasteiger partial charge in [0.15, 0.2) is 0 Å². The summed E-state index contributed by atoms with van der Waals surface area (Å²) in [5, 5.41) is 3.55. The van der Waals surface area contributed by atoms with Crippen LogP contribution in [-0.4, -0.2) is 19.7 Å². The number of hydrogen-bond acceptors (Lipinski definition) is 2. The maximum atomic E-state index is 5.73. The predicted octanol–water partition coefficient (Wildman–Crippen LogP) is 4.24. The Hall–Kier alpha value is -1.02. The Morgan fingerprint density at radius 1 is 1.00 bits per heavy atom. The van der Waals surface area contributed by atoms with E-state index in [0.717, 1.165) is 25.4 Å². The zero-order valence-electron chi connectivity index (χ0n) is 14.0. The quantitative estimate of drug-likeness (QED) is 0.767. The van der Waals surface area contributed by atoms with Crippen molar-refractivity contribution in [2.24, 2.45) is 11.8 Å². The minimum atomic E-state index is 0.144. The lowest BCUT2D eigenvalue weighted by molar-refractivity contribution is 0.271. The topological polar surface area (TPSA) is 21.3 Å². The van der Waals surface area contributed by atoms with Gasteiger partial charge in [0.1, 0.15) is 5.75 Å². The number of rotatable bonds is 8. The molecule has 1 aromatic carbocycles. The molecular formula is C18H31NO. The fraction of sp³-hybridized carbons (Fsp3) is 0.667. The van der Waals surface area contributed by atoms with Crippen LogP contribution in [0, 0.1) is 11.8 Å². The Labute approximate surface area is 124 Å². The average molecular weight is 277 g/mol. The molecule has 0 amide bonds. The molecule has 0 radical (unpaired) electrons. The molecule has 0 heterocycles. The van der Waals surface area contributed by atoms with E-state index in [1.165, 1.54) is 5.56 Å². The highest BCUT2D eigenvalue weighted by atomic mass is 16.5. The van der Waals surface area contributed by atoms with Gasteiger partial charge in [-0.3, -0.25) is 0 Å². The van der Waals surface area contributed by atoms with E-state index in [4.69, 9.17) is 4.74 Å². The molecule has 0 saturated heterocycles. The van der Waals surface area contributed by atoms with E-state index < -0.39 is 0 Å². The highest BCUT2D eigenvalue weighted by Gasteiger charge is 2.20. The lowest BCUT2D eigenvalue weighted by Crippen LogP contribution is -2.34. The molecule has 2 nitrogen and oxygen atoms in total. The van der Waals surface area contributed by atoms with Gasteiger partial charge in [0, 0.05) is 12.0 Å². The van der Waals surface area contributed by atoms with Crippen molar-refractivity contribution in [3.05, 3.63) is 29.8 Å². The van der Waals surface area contributed by atoms with Crippen molar-refractivity contribution in [2.75, 3.05) is 19.7 Å². The Bertz CT molecular complexity index is 379. The first-order chi connectivity index (χ1) is 9.31. The van der Waals surface area contributed by atoms with Gasteiger partial charge in [0.25, 0.3) is 0 Å². The van der Waals surface area contributed by atoms with Crippen LogP contribution in [0.3, 0.4) is 0 Å². The second kappa shape index (κ2) is 7.68. The third-order valence-corrected chi connectivity index (χ3v) is 3.34. The molecule has 1 N–H and O–H groups in total. The Morgan fingerprint density at radius 2 is 1.60 bits per heavy atom. The first-order valence-corrected chi connectivity index (χ1v) is 7.75. The van der Waals surface area contributed by atoms with Crippen molar-refractivity contribution in [3.8, 4) is 5.75 Å². The Balaban J connectivity index is 2.57. The summed E-state index contributed by atoms with van der Waals surface area (Å²) in [6.45, 7) is 16.2. The average Bonchev–Trinajstić information content (AvgIpc) is 2.36. The second-order valence-electron chi connectivity index (χ2n) is 7.14. The van der Waals surface area contributed by atoms with Crippen LogP contribution in [0.25, 0.3) is 0 Å². The number of nitrogens with one attached hydrogen (secondary N) is 1. The van der Waals surface area contributed by atoms with Crippen LogP contribution in [-0.2, 0) is 5.41 Å². The first-order valence-electron chi connectivity index (χ1n) is 7.75. The van der Waals surface area contributed by atoms with Crippen molar-refractivity contribution in [1.82, 2.24) is 5.32 Å². The molecule has 1 rings (SSSR count). The molecule has 0 atom stereocenters. The van der Waals surface area contributed by atoms with Crippen LogP contribution in [0.1, 0.15) is 47.1 Å². The summed E-state index contributed by atoms with van der Waals surface area (Å²) in [5.74, 6) is 2.22. The molecular weight excluding hydrogens is 246 g/mol. The molecule has 2 heteroatoms. The Kier molecular flexibility index (Phi) is 6.54. The van der Waals surface area contributed by atoms with Gasteiger partial charge in [-0.05, 0) is 36.1 Å². The highest BCUT2D eigenvalue weighted by molar-refractivity contribution is 5.31. The van der Waals surface area contributed by atoms with Gasteiger partial charge in [0.2, 0.25) is 0 Å². The van der Waals surface area contributed by atoms with E-state index in [1.54, 1.807) is 0 Å². The molecule has 0 fully saturated rings. The summed E-state index contributed by atoms with van der Waals surface area (Å²) >= 11 is 0. The zero-order valence-corrected chi connectivity index (χ0v) is 14.0. The summed E-state index contributed by atoms with van der Waals surface area (Å²) in [6.07, 6.45) is 0. The monoisotopic (exact) mass is 277 g/mol. The third-order valence-electron chi connectivity index (χ3n) is 3.34. The highest BCUT2D eigenvalue weighted by Crippen LogP contribution is 2.24. The lowest BCUT2D eigenvalue weighted by atomic mass is 9.84. The van der Waals surface area contributed by atoms with Gasteiger partial charge >= 0.3 is 0 Å². The molecule has 114 valence electrons. The maximum Gasteiger partial charge on any atom is 0.119 e. The summed E-state index contributed by atoms with van der Waals surface area (Å²) < 4.78 is 5.73. The normalized spacial score (nSPS) is 12.2. The largest absolute Gasteiger partial charge is 0.493 e. The van der Waals surface area contributed by atoms with Crippen LogP contribution in [0.4, 0.5) is 0 Å². The summed E-state index contributed by atoms with van der Waals surface area (Å²) in [4.78, 5) is 0. The molecule has 0 bridgehead atoms. The maximum absolute atomic E-state index is 5.73. The van der Waals surface area contributed by atoms with E-state index in [9.17, 15) is 0 Å². The van der Waals surface area contributed by atoms with Crippen molar-refractivity contribution in [1.29, 1.82) is 0 Å². The number of hydrogen-bond donors (Lipinski definition) is 1. The zero-order chi connectivity index (χ0) is 15.2. The van der Waals surface area contributed by atoms with E-state index >= 15 is 0 Å². The standard InChI is InChI=1S/C18H31NO/c1-14(2)11-19-13-18(5,6)16-7-9-17(10-8-16)20-12-15(3)4/h7-10,14-15,19H,11-13H2,1-6H3. The van der Waals surface area contributed by atoms with Crippen molar-refractivity contribution in [3.63, 3.8) is 0 Å². The van der Waals surface area contributed by atoms with Crippen molar-refractivity contribution < 1.29 is 4.74 Å². The molecule has 0 aliphatic rings. The Morgan fingerprint density at radius 3 is 2.10 bits per heavy atom. The van der Waals surface area contributed by atoms with Gasteiger partial charge in [-0.2, -0.15) is 0 Å². The minimum absolute atomic E-state index is 0.144. The second-order valence-corrected chi connectivity index (χ2v) is 7.14. The minimum Gasteiger partial charge on any atom is -0.493 e. The third kappa shape index (κ3) is 5.96. The molecule has 0 spiro atoms. The van der Waals surface area contributed by atoms with Gasteiger partial charge in [-0.1, -0.05) is 53.7 Å². The van der Waals surface area contributed by atoms with Gasteiger partial charge in [-0.25, -0.2) is 0 Å². The van der Waals surface area contributed by atoms with E-state index in [0.29, 0.717) is 11.8 Å². The fourth-order valence-electron chi connectivity index (χ4n) is 2.04. The van der Waals surface area contributed by atoms with E-state index in [2.05, 4.69) is 71.1 Å². The SMILES string of the molecule is CC(C)CNCC(C)(C)c1ccc(OCC(C)C)cc1. The fourth-order valence-corrected chi connectivity index (χ4v) is 2.04. The van der Waals surface area contributed by atoms with Gasteiger partial charge in [0.05, 0.1) is 6.61 Å². The summed E-state index contributed by atoms with van der Waals surface area (Å²) in [5.41, 5.74) is 1.50. The predicted molar refractivity (Wildman–Crippen MR) is 87.5 cm³/mol. The van der Waals surface area contributed by atoms with Crippen molar-refractivity contribution in [2.45, 2.75) is 47.0 Å². The molecule has 0 saturated carbocycles. The van der Waals surface area contributed by atoms with Gasteiger partial charge < -0.3 is 10.1 Å². The van der Waals surface area contributed by atoms with Crippen LogP contribution >= 0.6 is 0 Å². The van der Waals surface area contributed by atoms with Crippen molar-refractivity contribution >= 4 is 0 Å². The summed E-state index contributed by atoms with van der Waals surface area (Å²) in [6, 6.07) is 8.54. The summed E-state index contributed by atoms with van der Waals surface area (Å²) in [7, 11) is 0. The van der Waals surface area contributed by atoms with Crippen LogP contribution in [0.15, 0.2) is 24.3 Å². The lowest BCUT2D eigenvalue weighted by Gasteiger charge is -2.26. The van der Waals surface area contributed by atoms with E-state index in [-0.39, 0.29) is 5.41 Å². The molecule has 0 aliphatic carbocycles. The van der Waals surface area contributed by atoms with E-state index in [1.807, 2.05) is 0 Å². The molecule has 20 heavy (non-hydrogen) atoms. The smallest absolute Gasteiger partial charge is 0.119 e. The number of ether oxygens (including phenoxy) is 1. The first kappa shape index (κ1) is 17.0. The van der Waals surface area contributed by atoms with Crippen LogP contribution in [0.5, 0.6) is 5.75 Å². The van der Waals surface area contributed by atoms with Crippen LogP contribution in [0.2, 0.25) is 0 Å². The number of benzene rings is 1. The molecule has 0 aliphatic heterocycles. The van der Waals surface area contributed by atoms with Crippen LogP contribution < -0.4 is 10.1 Å². The van der Waals surface area contributed by atoms with Gasteiger partial charge in [-0.15, -0.1) is 0 Å². The molecule has 0 aromatic heterocycles. The molecule has 0 unspecified atom stereocenters. The molecule has 1 aromatic rings.